The first-order chi connectivity index (χ1) is 21.2. The number of carbonyl (C=O) groups is 1. The summed E-state index contributed by atoms with van der Waals surface area (Å²) in [6.45, 7) is -3.16. The number of pyridine rings is 1. The maximum Gasteiger partial charge on any atom is 0.417 e. The van der Waals surface area contributed by atoms with E-state index < -0.39 is 56.4 Å². The number of rotatable bonds is 7. The number of halogens is 6. The van der Waals surface area contributed by atoms with E-state index in [4.69, 9.17) is 0 Å². The molecule has 0 N–H and O–H groups in total. The van der Waals surface area contributed by atoms with Gasteiger partial charge < -0.3 is 0 Å². The molecular formula is C28H23F6N7O3S. The minimum absolute atomic E-state index is 0.0167. The summed E-state index contributed by atoms with van der Waals surface area (Å²) in [5, 5.41) is 10.4. The minimum Gasteiger partial charge on any atom is -0.291 e. The number of alkyl halides is 5. The Kier molecular flexibility index (Phi) is 7.42. The number of benzene rings is 1. The molecule has 0 unspecified atom stereocenters. The van der Waals surface area contributed by atoms with Crippen molar-refractivity contribution in [1.29, 1.82) is 0 Å². The molecule has 3 aromatic heterocycles. The molecule has 2 aliphatic rings. The van der Waals surface area contributed by atoms with Crippen LogP contribution in [0.25, 0.3) is 11.8 Å². The Bertz CT molecular complexity index is 1900. The van der Waals surface area contributed by atoms with Crippen molar-refractivity contribution in [2.75, 3.05) is 7.05 Å². The van der Waals surface area contributed by atoms with Gasteiger partial charge in [-0.2, -0.15) is 36.5 Å². The molecule has 3 heterocycles. The molecule has 0 spiro atoms. The molecule has 2 atom stereocenters. The van der Waals surface area contributed by atoms with Gasteiger partial charge in [-0.15, -0.1) is 9.90 Å². The molecule has 4 aromatic rings. The van der Waals surface area contributed by atoms with Crippen LogP contribution < -0.4 is 0 Å². The molecule has 17 heteroatoms. The first-order valence-corrected chi connectivity index (χ1v) is 14.9. The summed E-state index contributed by atoms with van der Waals surface area (Å²) in [5.74, 6) is -1.05. The summed E-state index contributed by atoms with van der Waals surface area (Å²) >= 11 is 0. The second-order valence-corrected chi connectivity index (χ2v) is 12.8. The lowest BCUT2D eigenvalue weighted by Gasteiger charge is -2.45. The second-order valence-electron chi connectivity index (χ2n) is 10.8. The third-order valence-corrected chi connectivity index (χ3v) is 10.1. The van der Waals surface area contributed by atoms with Crippen LogP contribution in [0.2, 0.25) is 0 Å². The number of sulfonamides is 1. The lowest BCUT2D eigenvalue weighted by Crippen LogP contribution is -2.49. The lowest BCUT2D eigenvalue weighted by atomic mass is 9.60. The summed E-state index contributed by atoms with van der Waals surface area (Å²) in [6, 6.07) is 6.50. The van der Waals surface area contributed by atoms with Crippen LogP contribution in [0.15, 0.2) is 65.6 Å². The van der Waals surface area contributed by atoms with Crippen LogP contribution in [-0.2, 0) is 22.6 Å². The zero-order chi connectivity index (χ0) is 32.3. The molecule has 236 valence electrons. The molecule has 1 saturated carbocycles. The van der Waals surface area contributed by atoms with Crippen LogP contribution in [0.5, 0.6) is 0 Å². The smallest absolute Gasteiger partial charge is 0.291 e. The summed E-state index contributed by atoms with van der Waals surface area (Å²) < 4.78 is 109. The highest BCUT2D eigenvalue weighted by Crippen LogP contribution is 2.51. The van der Waals surface area contributed by atoms with Gasteiger partial charge in [0.25, 0.3) is 10.0 Å². The topological polar surface area (TPSA) is 116 Å². The number of aromatic nitrogens is 6. The summed E-state index contributed by atoms with van der Waals surface area (Å²) in [5.41, 5.74) is -0.357. The fourth-order valence-corrected chi connectivity index (χ4v) is 7.17. The van der Waals surface area contributed by atoms with Gasteiger partial charge in [0.1, 0.15) is 11.5 Å². The van der Waals surface area contributed by atoms with Gasteiger partial charge in [-0.1, -0.05) is 5.57 Å². The predicted molar refractivity (Wildman–Crippen MR) is 145 cm³/mol. The van der Waals surface area contributed by atoms with Crippen molar-refractivity contribution in [1.82, 2.24) is 34.1 Å². The number of fused-ring (bicyclic) bond motifs is 2. The Morgan fingerprint density at radius 1 is 1.07 bits per heavy atom. The van der Waals surface area contributed by atoms with Crippen molar-refractivity contribution in [2.45, 2.75) is 49.5 Å². The molecule has 0 aliphatic heterocycles. The van der Waals surface area contributed by atoms with Crippen molar-refractivity contribution in [3.8, 4) is 5.69 Å². The van der Waals surface area contributed by atoms with Gasteiger partial charge in [0.05, 0.1) is 34.8 Å². The van der Waals surface area contributed by atoms with E-state index >= 15 is 0 Å². The van der Waals surface area contributed by atoms with Crippen molar-refractivity contribution in [3.05, 3.63) is 88.9 Å². The number of ketones is 1. The van der Waals surface area contributed by atoms with Crippen molar-refractivity contribution in [2.24, 2.45) is 5.41 Å². The highest BCUT2D eigenvalue weighted by atomic mass is 32.2. The van der Waals surface area contributed by atoms with E-state index in [1.165, 1.54) is 37.5 Å². The molecule has 0 radical (unpaired) electrons. The summed E-state index contributed by atoms with van der Waals surface area (Å²) in [4.78, 5) is 18.1. The van der Waals surface area contributed by atoms with Crippen LogP contribution in [0.4, 0.5) is 26.3 Å². The van der Waals surface area contributed by atoms with Crippen LogP contribution in [-0.4, -0.2) is 61.4 Å². The molecule has 10 nitrogen and oxygen atoms in total. The zero-order valence-electron chi connectivity index (χ0n) is 23.3. The van der Waals surface area contributed by atoms with E-state index in [0.717, 1.165) is 16.4 Å². The molecule has 45 heavy (non-hydrogen) atoms. The molecule has 6 rings (SSSR count). The molecule has 1 aromatic carbocycles. The maximum atomic E-state index is 14.3. The fraction of sp³-hybridized carbons (Fsp3) is 0.321. The second kappa shape index (κ2) is 10.9. The number of allylic oxidation sites excluding steroid dienone is 1. The highest BCUT2D eigenvalue weighted by molar-refractivity contribution is 7.89. The van der Waals surface area contributed by atoms with Gasteiger partial charge in [0.15, 0.2) is 5.78 Å². The minimum atomic E-state index is -4.67. The standard InChI is InChI=1S/C28H23F6N7O3S/c1-39(45(43,44)24-15-37-41(38-24)26(30)31)21-6-2-17-10-23-16(13-36-40(23)20-7-4-19(29)5-8-20)11-27(17,12-21)25(42)22-9-3-18(14-35-22)28(32,33)34/h3-5,7-10,13-15,21,26H,2,6,11-12H2,1H3/t21-,27-/m0/s1. The first kappa shape index (κ1) is 30.6. The van der Waals surface area contributed by atoms with E-state index in [0.29, 0.717) is 34.9 Å². The Labute approximate surface area is 252 Å². The molecule has 2 aliphatic carbocycles. The fourth-order valence-electron chi connectivity index (χ4n) is 5.94. The van der Waals surface area contributed by atoms with Crippen LogP contribution in [0.3, 0.4) is 0 Å². The van der Waals surface area contributed by atoms with E-state index in [-0.39, 0.29) is 36.2 Å². The van der Waals surface area contributed by atoms with Crippen molar-refractivity contribution < 1.29 is 39.6 Å². The average Bonchev–Trinajstić information content (AvgIpc) is 3.67. The van der Waals surface area contributed by atoms with E-state index in [1.807, 2.05) is 0 Å². The van der Waals surface area contributed by atoms with Gasteiger partial charge in [-0.05, 0) is 73.7 Å². The summed E-state index contributed by atoms with van der Waals surface area (Å²) in [6.07, 6.45) is 0.209. The van der Waals surface area contributed by atoms with Crippen LogP contribution in [0, 0.1) is 11.2 Å². The number of hydrogen-bond acceptors (Lipinski definition) is 7. The molecule has 0 amide bonds. The predicted octanol–water partition coefficient (Wildman–Crippen LogP) is 5.09. The number of Topliss-reactive ketones (excluding diaryl/α,β-unsaturated/α-hetero) is 1. The van der Waals surface area contributed by atoms with E-state index in [2.05, 4.69) is 20.3 Å². The monoisotopic (exact) mass is 651 g/mol. The number of nitrogens with zero attached hydrogens (tertiary/aromatic N) is 7. The summed E-state index contributed by atoms with van der Waals surface area (Å²) in [7, 11) is -3.20. The molecular weight excluding hydrogens is 628 g/mol. The zero-order valence-corrected chi connectivity index (χ0v) is 24.1. The number of carbonyl (C=O) groups excluding carboxylic acids is 1. The van der Waals surface area contributed by atoms with Crippen molar-refractivity contribution >= 4 is 21.9 Å². The molecule has 0 saturated heterocycles. The van der Waals surface area contributed by atoms with Gasteiger partial charge in [0, 0.05) is 19.3 Å². The maximum absolute atomic E-state index is 14.3. The van der Waals surface area contributed by atoms with Gasteiger partial charge in [0.2, 0.25) is 5.03 Å². The Hall–Kier alpha value is -4.38. The average molecular weight is 652 g/mol. The molecule has 1 fully saturated rings. The van der Waals surface area contributed by atoms with Gasteiger partial charge >= 0.3 is 12.7 Å². The normalized spacial score (nSPS) is 20.2. The Balaban J connectivity index is 1.40. The van der Waals surface area contributed by atoms with Crippen LogP contribution in [0.1, 0.15) is 53.1 Å². The Morgan fingerprint density at radius 2 is 1.80 bits per heavy atom. The largest absolute Gasteiger partial charge is 0.417 e. The van der Waals surface area contributed by atoms with E-state index in [9.17, 15) is 39.6 Å². The SMILES string of the molecule is CN([C@H]1CCC2=Cc3c(cnn3-c3ccc(F)cc3)C[C@]2(C(=O)c2ccc(C(F)(F)F)cn2)C1)S(=O)(=O)c1cnn(C(F)F)n1. The highest BCUT2D eigenvalue weighted by Gasteiger charge is 2.51. The lowest BCUT2D eigenvalue weighted by molar-refractivity contribution is -0.137. The quantitative estimate of drug-likeness (QED) is 0.202. The van der Waals surface area contributed by atoms with Gasteiger partial charge in [-0.25, -0.2) is 17.5 Å². The van der Waals surface area contributed by atoms with E-state index in [1.54, 1.807) is 10.8 Å². The van der Waals surface area contributed by atoms with Crippen LogP contribution >= 0.6 is 0 Å². The third-order valence-electron chi connectivity index (χ3n) is 8.28. The number of hydrogen-bond donors (Lipinski definition) is 0. The third kappa shape index (κ3) is 5.32. The molecule has 0 bridgehead atoms. The first-order valence-electron chi connectivity index (χ1n) is 13.5. The van der Waals surface area contributed by atoms with Crippen molar-refractivity contribution in [3.63, 3.8) is 0 Å². The Morgan fingerprint density at radius 3 is 2.42 bits per heavy atom. The van der Waals surface area contributed by atoms with Gasteiger partial charge in [-0.3, -0.25) is 9.78 Å².